The number of carbonyl (C=O) groups excluding carboxylic acids is 1. The number of amides is 1. The molecule has 24 heavy (non-hydrogen) atoms. The second kappa shape index (κ2) is 7.16. The van der Waals surface area contributed by atoms with Gasteiger partial charge in [0, 0.05) is 24.0 Å². The minimum Gasteiger partial charge on any atom is -0.486 e. The highest BCUT2D eigenvalue weighted by atomic mass is 16.6. The van der Waals surface area contributed by atoms with Crippen LogP contribution in [0.25, 0.3) is 0 Å². The van der Waals surface area contributed by atoms with Crippen molar-refractivity contribution in [2.75, 3.05) is 25.1 Å². The summed E-state index contributed by atoms with van der Waals surface area (Å²) < 4.78 is 11.1. The molecule has 0 radical (unpaired) electrons. The Labute approximate surface area is 140 Å². The maximum absolute atomic E-state index is 12.1. The van der Waals surface area contributed by atoms with Gasteiger partial charge in [-0.05, 0) is 31.5 Å². The molecule has 0 bridgehead atoms. The lowest BCUT2D eigenvalue weighted by molar-refractivity contribution is 0.0948. The first-order chi connectivity index (χ1) is 11.7. The summed E-state index contributed by atoms with van der Waals surface area (Å²) in [6.45, 7) is 5.52. The van der Waals surface area contributed by atoms with Crippen LogP contribution in [-0.4, -0.2) is 35.6 Å². The smallest absolute Gasteiger partial charge is 0.270 e. The van der Waals surface area contributed by atoms with E-state index in [1.54, 1.807) is 6.07 Å². The quantitative estimate of drug-likeness (QED) is 0.877. The monoisotopic (exact) mass is 328 g/mol. The van der Waals surface area contributed by atoms with E-state index in [0.29, 0.717) is 42.8 Å². The molecular weight excluding hydrogens is 308 g/mol. The van der Waals surface area contributed by atoms with Crippen molar-refractivity contribution in [3.05, 3.63) is 35.7 Å². The van der Waals surface area contributed by atoms with Gasteiger partial charge < -0.3 is 20.1 Å². The molecule has 1 aromatic heterocycles. The normalized spacial score (nSPS) is 12.6. The van der Waals surface area contributed by atoms with Crippen LogP contribution < -0.4 is 20.1 Å². The third kappa shape index (κ3) is 3.73. The number of carbonyl (C=O) groups is 1. The number of rotatable bonds is 5. The lowest BCUT2D eigenvalue weighted by atomic mass is 10.2. The Morgan fingerprint density at radius 3 is 2.75 bits per heavy atom. The van der Waals surface area contributed by atoms with Crippen LogP contribution in [0.2, 0.25) is 0 Å². The number of anilines is 2. The third-order valence-corrected chi connectivity index (χ3v) is 3.42. The van der Waals surface area contributed by atoms with Crippen molar-refractivity contribution in [3.8, 4) is 11.5 Å². The summed E-state index contributed by atoms with van der Waals surface area (Å²) >= 11 is 0. The topological polar surface area (TPSA) is 85.4 Å². The number of fused-ring (bicyclic) bond motifs is 1. The molecule has 2 aromatic rings. The Kier molecular flexibility index (Phi) is 4.79. The van der Waals surface area contributed by atoms with Gasteiger partial charge in [-0.2, -0.15) is 0 Å². The van der Waals surface area contributed by atoms with Crippen molar-refractivity contribution in [2.45, 2.75) is 20.3 Å². The van der Waals surface area contributed by atoms with E-state index in [1.165, 1.54) is 0 Å². The van der Waals surface area contributed by atoms with Gasteiger partial charge in [0.2, 0.25) is 5.95 Å². The fourth-order valence-electron chi connectivity index (χ4n) is 2.32. The van der Waals surface area contributed by atoms with Gasteiger partial charge in [0.25, 0.3) is 5.91 Å². The highest BCUT2D eigenvalue weighted by Crippen LogP contribution is 2.33. The van der Waals surface area contributed by atoms with Gasteiger partial charge in [0.05, 0.1) is 0 Å². The van der Waals surface area contributed by atoms with E-state index in [1.807, 2.05) is 32.0 Å². The average molecular weight is 328 g/mol. The summed E-state index contributed by atoms with van der Waals surface area (Å²) in [6, 6.07) is 7.19. The first-order valence-corrected chi connectivity index (χ1v) is 7.96. The molecule has 1 aliphatic heterocycles. The molecule has 0 saturated carbocycles. The van der Waals surface area contributed by atoms with Crippen LogP contribution >= 0.6 is 0 Å². The number of hydrogen-bond acceptors (Lipinski definition) is 6. The number of aryl methyl sites for hydroxylation is 1. The first-order valence-electron chi connectivity index (χ1n) is 7.96. The maximum Gasteiger partial charge on any atom is 0.270 e. The van der Waals surface area contributed by atoms with Crippen LogP contribution in [0, 0.1) is 6.92 Å². The molecule has 1 aliphatic rings. The first kappa shape index (κ1) is 16.0. The van der Waals surface area contributed by atoms with Gasteiger partial charge >= 0.3 is 0 Å². The van der Waals surface area contributed by atoms with E-state index in [0.717, 1.165) is 17.9 Å². The molecule has 1 amide bonds. The van der Waals surface area contributed by atoms with Gasteiger partial charge in [0.15, 0.2) is 11.5 Å². The summed E-state index contributed by atoms with van der Waals surface area (Å²) in [4.78, 5) is 20.7. The van der Waals surface area contributed by atoms with Crippen molar-refractivity contribution in [3.63, 3.8) is 0 Å². The van der Waals surface area contributed by atoms with Crippen molar-refractivity contribution < 1.29 is 14.3 Å². The van der Waals surface area contributed by atoms with Gasteiger partial charge in [-0.1, -0.05) is 6.92 Å². The van der Waals surface area contributed by atoms with Gasteiger partial charge in [-0.3, -0.25) is 4.79 Å². The van der Waals surface area contributed by atoms with Crippen LogP contribution in [0.5, 0.6) is 11.5 Å². The predicted molar refractivity (Wildman–Crippen MR) is 90.1 cm³/mol. The molecule has 0 spiro atoms. The van der Waals surface area contributed by atoms with Gasteiger partial charge in [-0.25, -0.2) is 9.97 Å². The average Bonchev–Trinajstić information content (AvgIpc) is 2.59. The van der Waals surface area contributed by atoms with Gasteiger partial charge in [0.1, 0.15) is 18.9 Å². The Morgan fingerprint density at radius 1 is 1.17 bits per heavy atom. The second-order valence-electron chi connectivity index (χ2n) is 5.46. The highest BCUT2D eigenvalue weighted by molar-refractivity contribution is 5.92. The third-order valence-electron chi connectivity index (χ3n) is 3.42. The van der Waals surface area contributed by atoms with E-state index in [4.69, 9.17) is 9.47 Å². The van der Waals surface area contributed by atoms with Crippen LogP contribution in [0.15, 0.2) is 24.3 Å². The molecule has 0 unspecified atom stereocenters. The van der Waals surface area contributed by atoms with E-state index < -0.39 is 0 Å². The van der Waals surface area contributed by atoms with Crippen LogP contribution in [0.4, 0.5) is 11.6 Å². The Bertz CT molecular complexity index is 749. The molecule has 2 heterocycles. The molecule has 0 aliphatic carbocycles. The van der Waals surface area contributed by atoms with Crippen molar-refractivity contribution in [1.82, 2.24) is 15.3 Å². The molecule has 126 valence electrons. The van der Waals surface area contributed by atoms with Crippen LogP contribution in [-0.2, 0) is 0 Å². The number of nitrogens with zero attached hydrogens (tertiary/aromatic N) is 2. The second-order valence-corrected chi connectivity index (χ2v) is 5.46. The molecule has 7 nitrogen and oxygen atoms in total. The van der Waals surface area contributed by atoms with E-state index >= 15 is 0 Å². The van der Waals surface area contributed by atoms with Crippen molar-refractivity contribution in [1.29, 1.82) is 0 Å². The Balaban J connectivity index is 1.79. The zero-order chi connectivity index (χ0) is 16.9. The summed E-state index contributed by atoms with van der Waals surface area (Å²) in [6.07, 6.45) is 0.873. The van der Waals surface area contributed by atoms with Crippen molar-refractivity contribution >= 4 is 17.5 Å². The Hall–Kier alpha value is -2.83. The number of hydrogen-bond donors (Lipinski definition) is 2. The largest absolute Gasteiger partial charge is 0.486 e. The van der Waals surface area contributed by atoms with Gasteiger partial charge in [-0.15, -0.1) is 0 Å². The molecule has 7 heteroatoms. The predicted octanol–water partition coefficient (Wildman–Crippen LogP) is 2.44. The summed E-state index contributed by atoms with van der Waals surface area (Å²) in [5.41, 5.74) is 1.83. The number of aromatic nitrogens is 2. The van der Waals surface area contributed by atoms with Crippen LogP contribution in [0.3, 0.4) is 0 Å². The SMILES string of the molecule is CCCNC(=O)c1cc(C)nc(Nc2ccc3c(c2)OCCO3)n1. The number of ether oxygens (including phenoxy) is 2. The molecule has 1 aromatic carbocycles. The zero-order valence-electron chi connectivity index (χ0n) is 13.8. The molecule has 0 atom stereocenters. The van der Waals surface area contributed by atoms with E-state index in [9.17, 15) is 4.79 Å². The standard InChI is InChI=1S/C17H20N4O3/c1-3-6-18-16(22)13-9-11(2)19-17(21-13)20-12-4-5-14-15(10-12)24-8-7-23-14/h4-5,9-10H,3,6-8H2,1-2H3,(H,18,22)(H,19,20,21). The van der Waals surface area contributed by atoms with E-state index in [2.05, 4.69) is 20.6 Å². The molecule has 3 rings (SSSR count). The maximum atomic E-state index is 12.1. The van der Waals surface area contributed by atoms with Crippen LogP contribution in [0.1, 0.15) is 29.5 Å². The van der Waals surface area contributed by atoms with E-state index in [-0.39, 0.29) is 5.91 Å². The minimum absolute atomic E-state index is 0.201. The zero-order valence-corrected chi connectivity index (χ0v) is 13.8. The molecular formula is C17H20N4O3. The lowest BCUT2D eigenvalue weighted by Crippen LogP contribution is -2.25. The molecule has 2 N–H and O–H groups in total. The lowest BCUT2D eigenvalue weighted by Gasteiger charge is -2.19. The highest BCUT2D eigenvalue weighted by Gasteiger charge is 2.13. The molecule has 0 saturated heterocycles. The summed E-state index contributed by atoms with van der Waals surface area (Å²) in [5.74, 6) is 1.57. The number of benzene rings is 1. The fourth-order valence-corrected chi connectivity index (χ4v) is 2.32. The molecule has 0 fully saturated rings. The Morgan fingerprint density at radius 2 is 1.96 bits per heavy atom. The minimum atomic E-state index is -0.201. The fraction of sp³-hybridized carbons (Fsp3) is 0.353. The summed E-state index contributed by atoms with van der Waals surface area (Å²) in [7, 11) is 0. The summed E-state index contributed by atoms with van der Waals surface area (Å²) in [5, 5.41) is 5.92. The number of nitrogens with one attached hydrogen (secondary N) is 2. The van der Waals surface area contributed by atoms with Crippen molar-refractivity contribution in [2.24, 2.45) is 0 Å².